The third-order valence-electron chi connectivity index (χ3n) is 5.10. The van der Waals surface area contributed by atoms with Crippen LogP contribution in [0.25, 0.3) is 0 Å². The first-order chi connectivity index (χ1) is 15.8. The van der Waals surface area contributed by atoms with Crippen LogP contribution in [-0.2, 0) is 14.4 Å². The Balaban J connectivity index is 0.000000385. The van der Waals surface area contributed by atoms with Crippen LogP contribution in [0.5, 0.6) is 0 Å². The van der Waals surface area contributed by atoms with E-state index in [1.165, 1.54) is 24.1 Å². The van der Waals surface area contributed by atoms with Gasteiger partial charge in [-0.05, 0) is 38.6 Å². The number of aldehydes is 1. The number of rotatable bonds is 7. The zero-order valence-corrected chi connectivity index (χ0v) is 19.2. The zero-order valence-electron chi connectivity index (χ0n) is 18.5. The van der Waals surface area contributed by atoms with E-state index >= 15 is 0 Å². The minimum absolute atomic E-state index is 0.0160. The molecule has 1 aliphatic heterocycles. The molecule has 0 bridgehead atoms. The lowest BCUT2D eigenvalue weighted by molar-refractivity contribution is -0.139. The molecule has 0 radical (unpaired) electrons. The number of nitrogens with zero attached hydrogens (tertiary/aromatic N) is 1. The summed E-state index contributed by atoms with van der Waals surface area (Å²) in [5, 5.41) is 5.00. The topological polar surface area (TPSA) is 143 Å². The van der Waals surface area contributed by atoms with E-state index in [1.807, 2.05) is 0 Å². The number of nitrogens with one attached hydrogen (secondary N) is 3. The summed E-state index contributed by atoms with van der Waals surface area (Å²) >= 11 is 5.65. The average molecular weight is 511 g/mol. The van der Waals surface area contributed by atoms with Gasteiger partial charge in [0.05, 0.1) is 23.4 Å². The summed E-state index contributed by atoms with van der Waals surface area (Å²) in [5.41, 5.74) is 7.78. The second-order valence-electron chi connectivity index (χ2n) is 7.37. The molecule has 34 heavy (non-hydrogen) atoms. The van der Waals surface area contributed by atoms with Crippen LogP contribution in [0.3, 0.4) is 0 Å². The smallest absolute Gasteiger partial charge is 0.390 e. The van der Waals surface area contributed by atoms with E-state index in [2.05, 4.69) is 16.1 Å². The van der Waals surface area contributed by atoms with Crippen LogP contribution in [-0.4, -0.2) is 54.9 Å². The number of nitrogens with two attached hydrogens (primary N) is 2. The quantitative estimate of drug-likeness (QED) is 0.123. The van der Waals surface area contributed by atoms with Crippen LogP contribution in [0.4, 0.5) is 23.2 Å². The Morgan fingerprint density at radius 2 is 2.00 bits per heavy atom. The summed E-state index contributed by atoms with van der Waals surface area (Å²) in [6.07, 6.45) is -3.43. The van der Waals surface area contributed by atoms with Crippen molar-refractivity contribution in [3.8, 4) is 0 Å². The number of anilines is 1. The van der Waals surface area contributed by atoms with E-state index in [4.69, 9.17) is 23.2 Å². The molecule has 9 nitrogen and oxygen atoms in total. The molecule has 3 unspecified atom stereocenters. The van der Waals surface area contributed by atoms with Crippen molar-refractivity contribution in [2.75, 3.05) is 18.9 Å². The summed E-state index contributed by atoms with van der Waals surface area (Å²) in [7, 11) is 1.40. The van der Waals surface area contributed by atoms with Gasteiger partial charge in [0, 0.05) is 30.2 Å². The zero-order chi connectivity index (χ0) is 26.1. The van der Waals surface area contributed by atoms with Crippen molar-refractivity contribution >= 4 is 35.4 Å². The number of alkyl halides is 3. The van der Waals surface area contributed by atoms with Crippen molar-refractivity contribution in [3.05, 3.63) is 40.9 Å². The van der Waals surface area contributed by atoms with Gasteiger partial charge < -0.3 is 26.7 Å². The molecule has 0 aromatic heterocycles. The molecule has 1 aliphatic rings. The third-order valence-corrected chi connectivity index (χ3v) is 5.39. The molecule has 190 valence electrons. The Morgan fingerprint density at radius 1 is 1.35 bits per heavy atom. The molecule has 1 aromatic carbocycles. The lowest BCUT2D eigenvalue weighted by Gasteiger charge is -2.22. The number of likely N-dealkylation sites (N-methyl/N-ethyl adjacent to an activating group) is 1. The lowest BCUT2D eigenvalue weighted by Crippen LogP contribution is -2.39. The van der Waals surface area contributed by atoms with Crippen LogP contribution in [0, 0.1) is 11.7 Å². The minimum atomic E-state index is -4.25. The maximum Gasteiger partial charge on any atom is 0.390 e. The Hall–Kier alpha value is -2.90. The summed E-state index contributed by atoms with van der Waals surface area (Å²) in [5.74, 6) is 2.98. The first-order valence-corrected chi connectivity index (χ1v) is 10.4. The van der Waals surface area contributed by atoms with Crippen molar-refractivity contribution in [3.63, 3.8) is 0 Å². The number of carbonyl (C=O) groups is 3. The van der Waals surface area contributed by atoms with Gasteiger partial charge in [0.2, 0.25) is 12.2 Å². The fourth-order valence-corrected chi connectivity index (χ4v) is 3.47. The van der Waals surface area contributed by atoms with Gasteiger partial charge in [0.25, 0.3) is 5.91 Å². The second-order valence-corrected chi connectivity index (χ2v) is 7.78. The Morgan fingerprint density at radius 3 is 2.50 bits per heavy atom. The summed E-state index contributed by atoms with van der Waals surface area (Å²) < 4.78 is 48.8. The maximum atomic E-state index is 13.1. The number of carbonyl (C=O) groups excluding carboxylic acids is 3. The number of benzene rings is 1. The predicted octanol–water partition coefficient (Wildman–Crippen LogP) is 1.64. The average Bonchev–Trinajstić information content (AvgIpc) is 3.15. The van der Waals surface area contributed by atoms with Crippen molar-refractivity contribution in [2.24, 2.45) is 17.5 Å². The first-order valence-electron chi connectivity index (χ1n) is 10.0. The highest BCUT2D eigenvalue weighted by Gasteiger charge is 2.38. The summed E-state index contributed by atoms with van der Waals surface area (Å²) in [6, 6.07) is 2.59. The Kier molecular flexibility index (Phi) is 11.2. The molecule has 0 saturated carbocycles. The van der Waals surface area contributed by atoms with E-state index in [0.717, 1.165) is 12.3 Å². The Bertz CT molecular complexity index is 900. The number of likely N-dealkylation sites (tertiary alicyclic amines) is 1. The van der Waals surface area contributed by atoms with Crippen LogP contribution in [0.1, 0.15) is 19.8 Å². The van der Waals surface area contributed by atoms with E-state index in [0.29, 0.717) is 18.7 Å². The van der Waals surface area contributed by atoms with E-state index < -0.39 is 36.3 Å². The monoisotopic (exact) mass is 510 g/mol. The first kappa shape index (κ1) is 29.1. The number of amides is 2. The van der Waals surface area contributed by atoms with Gasteiger partial charge in [0.15, 0.2) is 0 Å². The number of hydrogen-bond acceptors (Lipinski definition) is 7. The van der Waals surface area contributed by atoms with Gasteiger partial charge >= 0.3 is 6.18 Å². The van der Waals surface area contributed by atoms with Crippen molar-refractivity contribution in [2.45, 2.75) is 38.0 Å². The van der Waals surface area contributed by atoms with Crippen LogP contribution in [0.15, 0.2) is 30.1 Å². The second kappa shape index (κ2) is 13.1. The van der Waals surface area contributed by atoms with Gasteiger partial charge in [0.1, 0.15) is 5.82 Å². The molecule has 7 N–H and O–H groups in total. The fraction of sp³-hybridized carbons (Fsp3) is 0.450. The van der Waals surface area contributed by atoms with E-state index in [9.17, 15) is 31.9 Å². The molecular formula is C20H27ClF4N6O3. The highest BCUT2D eigenvalue weighted by molar-refractivity contribution is 6.31. The summed E-state index contributed by atoms with van der Waals surface area (Å²) in [6.45, 7) is 2.08. The molecule has 0 aliphatic carbocycles. The van der Waals surface area contributed by atoms with Gasteiger partial charge in [-0.3, -0.25) is 20.2 Å². The van der Waals surface area contributed by atoms with Crippen LogP contribution in [0.2, 0.25) is 5.02 Å². The minimum Gasteiger partial charge on any atom is -0.400 e. The molecule has 2 amide bonds. The highest BCUT2D eigenvalue weighted by atomic mass is 35.5. The molecule has 3 atom stereocenters. The molecule has 0 spiro atoms. The van der Waals surface area contributed by atoms with E-state index in [1.54, 1.807) is 6.92 Å². The largest absolute Gasteiger partial charge is 0.400 e. The summed E-state index contributed by atoms with van der Waals surface area (Å²) in [4.78, 5) is 35.5. The number of hydrogen-bond donors (Lipinski definition) is 5. The lowest BCUT2D eigenvalue weighted by atomic mass is 10.0. The van der Waals surface area contributed by atoms with Gasteiger partial charge in [-0.1, -0.05) is 11.6 Å². The van der Waals surface area contributed by atoms with Crippen molar-refractivity contribution in [1.29, 1.82) is 0 Å². The standard InChI is InChI=1S/C14H14ClFN2O3.C6H13F3N4/c1-8-10(4-5-18(8)13(20)7-19)14(21)17-9-2-3-12(16)11(15)6-9;1-12-5(2-6(7,8)9)4(10)3-13-11/h2-3,6-8,10H,4-5H2,1H3,(H,17,21);3,5,12-13H,2,10-11H2,1H3/b;4-3-. The molecule has 2 rings (SSSR count). The van der Waals surface area contributed by atoms with Crippen LogP contribution >= 0.6 is 11.6 Å². The SMILES string of the molecule is CC1C(C(=O)Nc2ccc(F)c(Cl)c2)CCN1C(=O)C=O.CNC(CC(F)(F)F)/C(N)=C/NN. The predicted molar refractivity (Wildman–Crippen MR) is 118 cm³/mol. The highest BCUT2D eigenvalue weighted by Crippen LogP contribution is 2.26. The normalized spacial score (nSPS) is 19.1. The fourth-order valence-electron chi connectivity index (χ4n) is 3.29. The number of halogens is 5. The van der Waals surface area contributed by atoms with Crippen molar-refractivity contribution < 1.29 is 31.9 Å². The molecule has 1 aromatic rings. The molecule has 1 heterocycles. The molecular weight excluding hydrogens is 484 g/mol. The van der Waals surface area contributed by atoms with Crippen LogP contribution < -0.4 is 27.6 Å². The Labute approximate surface area is 198 Å². The van der Waals surface area contributed by atoms with E-state index in [-0.39, 0.29) is 29.0 Å². The number of hydrazine groups is 1. The van der Waals surface area contributed by atoms with Gasteiger partial charge in [-0.2, -0.15) is 13.2 Å². The van der Waals surface area contributed by atoms with Gasteiger partial charge in [-0.25, -0.2) is 4.39 Å². The molecule has 1 saturated heterocycles. The third kappa shape index (κ3) is 8.80. The molecule has 1 fully saturated rings. The van der Waals surface area contributed by atoms with Crippen molar-refractivity contribution in [1.82, 2.24) is 15.6 Å². The van der Waals surface area contributed by atoms with Gasteiger partial charge in [-0.15, -0.1) is 0 Å². The maximum absolute atomic E-state index is 13.1. The molecule has 14 heteroatoms.